The van der Waals surface area contributed by atoms with E-state index >= 15 is 0 Å². The molecule has 1 heterocycles. The molecule has 0 aromatic rings. The van der Waals surface area contributed by atoms with Crippen LogP contribution in [0.25, 0.3) is 0 Å². The number of hydrogen-bond acceptors (Lipinski definition) is 4. The molecule has 1 rings (SSSR count). The monoisotopic (exact) mass is 334 g/mol. The zero-order valence-corrected chi connectivity index (χ0v) is 15.3. The molecule has 0 aromatic carbocycles. The van der Waals surface area contributed by atoms with E-state index in [0.717, 1.165) is 25.9 Å². The van der Waals surface area contributed by atoms with Gasteiger partial charge in [-0.05, 0) is 61.9 Å². The van der Waals surface area contributed by atoms with Gasteiger partial charge < -0.3 is 11.1 Å². The first-order chi connectivity index (χ1) is 10.1. The summed E-state index contributed by atoms with van der Waals surface area (Å²) in [6.45, 7) is 10.6. The SMILES string of the molecule is CC(C)CC1CNCC1CC(N)C(C)CC(C)CS(=O)(=O)O. The van der Waals surface area contributed by atoms with Crippen molar-refractivity contribution in [1.82, 2.24) is 5.32 Å². The van der Waals surface area contributed by atoms with Crippen LogP contribution >= 0.6 is 0 Å². The van der Waals surface area contributed by atoms with Gasteiger partial charge in [0.25, 0.3) is 10.1 Å². The van der Waals surface area contributed by atoms with Gasteiger partial charge in [0.15, 0.2) is 0 Å². The standard InChI is InChI=1S/C16H34N2O3S/c1-11(2)5-14-8-18-9-15(14)7-16(17)13(4)6-12(3)10-22(19,20)21/h11-16,18H,5-10,17H2,1-4H3,(H,19,20,21). The van der Waals surface area contributed by atoms with Gasteiger partial charge >= 0.3 is 0 Å². The molecule has 1 saturated heterocycles. The van der Waals surface area contributed by atoms with Crippen molar-refractivity contribution in [2.45, 2.75) is 53.0 Å². The van der Waals surface area contributed by atoms with Crippen LogP contribution in [0.3, 0.4) is 0 Å². The Kier molecular flexibility index (Phi) is 7.79. The van der Waals surface area contributed by atoms with Crippen LogP contribution in [0.5, 0.6) is 0 Å². The fourth-order valence-electron chi connectivity index (χ4n) is 3.76. The highest BCUT2D eigenvalue weighted by Crippen LogP contribution is 2.29. The van der Waals surface area contributed by atoms with Gasteiger partial charge in [-0.25, -0.2) is 0 Å². The maximum absolute atomic E-state index is 10.9. The zero-order valence-electron chi connectivity index (χ0n) is 14.5. The van der Waals surface area contributed by atoms with E-state index in [-0.39, 0.29) is 23.6 Å². The van der Waals surface area contributed by atoms with Crippen molar-refractivity contribution < 1.29 is 13.0 Å². The van der Waals surface area contributed by atoms with E-state index in [1.165, 1.54) is 6.42 Å². The highest BCUT2D eigenvalue weighted by atomic mass is 32.2. The van der Waals surface area contributed by atoms with Crippen molar-refractivity contribution in [3.05, 3.63) is 0 Å². The van der Waals surface area contributed by atoms with Gasteiger partial charge in [0.05, 0.1) is 5.75 Å². The van der Waals surface area contributed by atoms with E-state index in [1.54, 1.807) is 0 Å². The molecule has 132 valence electrons. The number of nitrogens with two attached hydrogens (primary N) is 1. The van der Waals surface area contributed by atoms with Crippen molar-refractivity contribution in [1.29, 1.82) is 0 Å². The van der Waals surface area contributed by atoms with Gasteiger partial charge in [-0.1, -0.05) is 27.7 Å². The molecule has 1 aliphatic rings. The molecule has 0 saturated carbocycles. The maximum Gasteiger partial charge on any atom is 0.265 e. The minimum Gasteiger partial charge on any atom is -0.327 e. The summed E-state index contributed by atoms with van der Waals surface area (Å²) in [5.74, 6) is 2.05. The summed E-state index contributed by atoms with van der Waals surface area (Å²) in [7, 11) is -3.89. The van der Waals surface area contributed by atoms with Crippen LogP contribution in [0.4, 0.5) is 0 Å². The van der Waals surface area contributed by atoms with Crippen molar-refractivity contribution in [3.8, 4) is 0 Å². The molecule has 5 atom stereocenters. The lowest BCUT2D eigenvalue weighted by atomic mass is 9.80. The summed E-state index contributed by atoms with van der Waals surface area (Å²) < 4.78 is 30.8. The quantitative estimate of drug-likeness (QED) is 0.562. The minimum absolute atomic E-state index is 0.0655. The third kappa shape index (κ3) is 7.40. The summed E-state index contributed by atoms with van der Waals surface area (Å²) in [4.78, 5) is 0. The lowest BCUT2D eigenvalue weighted by Gasteiger charge is -2.28. The summed E-state index contributed by atoms with van der Waals surface area (Å²) in [5, 5.41) is 3.48. The van der Waals surface area contributed by atoms with Crippen LogP contribution in [-0.2, 0) is 10.1 Å². The summed E-state index contributed by atoms with van der Waals surface area (Å²) in [5.41, 5.74) is 6.36. The Labute approximate surface area is 136 Å². The molecule has 5 unspecified atom stereocenters. The maximum atomic E-state index is 10.9. The van der Waals surface area contributed by atoms with Gasteiger partial charge in [-0.2, -0.15) is 8.42 Å². The molecule has 1 fully saturated rings. The number of rotatable bonds is 9. The highest BCUT2D eigenvalue weighted by Gasteiger charge is 2.30. The van der Waals surface area contributed by atoms with Gasteiger partial charge in [0.2, 0.25) is 0 Å². The molecule has 0 bridgehead atoms. The number of hydrogen-bond donors (Lipinski definition) is 3. The molecule has 4 N–H and O–H groups in total. The van der Waals surface area contributed by atoms with E-state index < -0.39 is 10.1 Å². The smallest absolute Gasteiger partial charge is 0.265 e. The average Bonchev–Trinajstić information content (AvgIpc) is 2.72. The average molecular weight is 335 g/mol. The van der Waals surface area contributed by atoms with E-state index in [9.17, 15) is 8.42 Å². The summed E-state index contributed by atoms with van der Waals surface area (Å²) in [6.07, 6.45) is 2.96. The van der Waals surface area contributed by atoms with Crippen molar-refractivity contribution in [2.75, 3.05) is 18.8 Å². The molecule has 0 aromatic heterocycles. The van der Waals surface area contributed by atoms with Crippen LogP contribution in [0.15, 0.2) is 0 Å². The third-order valence-corrected chi connectivity index (χ3v) is 5.82. The fraction of sp³-hybridized carbons (Fsp3) is 1.00. The van der Waals surface area contributed by atoms with Crippen LogP contribution < -0.4 is 11.1 Å². The predicted molar refractivity (Wildman–Crippen MR) is 91.3 cm³/mol. The molecule has 0 amide bonds. The Bertz CT molecular complexity index is 425. The van der Waals surface area contributed by atoms with E-state index in [2.05, 4.69) is 26.1 Å². The number of nitrogens with one attached hydrogen (secondary N) is 1. The largest absolute Gasteiger partial charge is 0.327 e. The Morgan fingerprint density at radius 3 is 2.18 bits per heavy atom. The second kappa shape index (κ2) is 8.62. The van der Waals surface area contributed by atoms with Crippen molar-refractivity contribution >= 4 is 10.1 Å². The Balaban J connectivity index is 2.44. The second-order valence-corrected chi connectivity index (χ2v) is 9.27. The predicted octanol–water partition coefficient (Wildman–Crippen LogP) is 2.14. The van der Waals surface area contributed by atoms with Gasteiger partial charge in [0.1, 0.15) is 0 Å². The normalized spacial score (nSPS) is 27.0. The van der Waals surface area contributed by atoms with Crippen LogP contribution in [0.2, 0.25) is 0 Å². The lowest BCUT2D eigenvalue weighted by Crippen LogP contribution is -2.34. The molecular weight excluding hydrogens is 300 g/mol. The van der Waals surface area contributed by atoms with Gasteiger partial charge in [0, 0.05) is 6.04 Å². The summed E-state index contributed by atoms with van der Waals surface area (Å²) >= 11 is 0. The molecule has 1 aliphatic heterocycles. The first-order valence-electron chi connectivity index (χ1n) is 8.50. The highest BCUT2D eigenvalue weighted by molar-refractivity contribution is 7.85. The van der Waals surface area contributed by atoms with Crippen LogP contribution in [0, 0.1) is 29.6 Å². The molecule has 6 heteroatoms. The topological polar surface area (TPSA) is 92.4 Å². The molecule has 22 heavy (non-hydrogen) atoms. The molecule has 0 radical (unpaired) electrons. The molecule has 0 aliphatic carbocycles. The first kappa shape index (κ1) is 19.9. The minimum atomic E-state index is -3.89. The van der Waals surface area contributed by atoms with Gasteiger partial charge in [-0.15, -0.1) is 0 Å². The van der Waals surface area contributed by atoms with Crippen LogP contribution in [0.1, 0.15) is 47.0 Å². The van der Waals surface area contributed by atoms with Gasteiger partial charge in [-0.3, -0.25) is 4.55 Å². The zero-order chi connectivity index (χ0) is 16.9. The fourth-order valence-corrected chi connectivity index (χ4v) is 4.62. The third-order valence-electron chi connectivity index (χ3n) is 4.83. The Hall–Kier alpha value is -0.170. The summed E-state index contributed by atoms with van der Waals surface area (Å²) in [6, 6.07) is 0.0865. The van der Waals surface area contributed by atoms with Crippen LogP contribution in [-0.4, -0.2) is 37.9 Å². The Morgan fingerprint density at radius 1 is 1.14 bits per heavy atom. The van der Waals surface area contributed by atoms with E-state index in [0.29, 0.717) is 17.8 Å². The molecular formula is C16H34N2O3S. The molecule has 0 spiro atoms. The first-order valence-corrected chi connectivity index (χ1v) is 10.1. The molecule has 5 nitrogen and oxygen atoms in total. The lowest BCUT2D eigenvalue weighted by molar-refractivity contribution is 0.271. The Morgan fingerprint density at radius 2 is 1.68 bits per heavy atom. The van der Waals surface area contributed by atoms with E-state index in [1.807, 2.05) is 6.92 Å². The second-order valence-electron chi connectivity index (χ2n) is 7.77. The van der Waals surface area contributed by atoms with Crippen molar-refractivity contribution in [2.24, 2.45) is 35.3 Å². The van der Waals surface area contributed by atoms with Crippen molar-refractivity contribution in [3.63, 3.8) is 0 Å². The van der Waals surface area contributed by atoms with E-state index in [4.69, 9.17) is 10.3 Å².